The molecular weight excluding hydrogens is 314 g/mol. The lowest BCUT2D eigenvalue weighted by Crippen LogP contribution is -2.40. The Morgan fingerprint density at radius 2 is 2.11 bits per heavy atom. The molecule has 1 N–H and O–H groups in total. The topological polar surface area (TPSA) is 66.8 Å². The molecule has 1 aliphatic rings. The smallest absolute Gasteiger partial charge is 0.326 e. The molecule has 2 rings (SSSR count). The Hall–Kier alpha value is -1.56. The SMILES string of the molecule is O=C(O)C1CCC(=O)N1CCOc1ccc(Br)cc1. The molecule has 0 spiro atoms. The van der Waals surface area contributed by atoms with Gasteiger partial charge in [0.2, 0.25) is 5.91 Å². The van der Waals surface area contributed by atoms with Crippen molar-refractivity contribution in [3.63, 3.8) is 0 Å². The Kier molecular flexibility index (Phi) is 4.42. The number of carboxylic acids is 1. The van der Waals surface area contributed by atoms with Gasteiger partial charge in [-0.25, -0.2) is 4.79 Å². The van der Waals surface area contributed by atoms with Crippen molar-refractivity contribution in [2.45, 2.75) is 18.9 Å². The number of benzene rings is 1. The van der Waals surface area contributed by atoms with E-state index < -0.39 is 12.0 Å². The predicted molar refractivity (Wildman–Crippen MR) is 72.0 cm³/mol. The lowest BCUT2D eigenvalue weighted by atomic mass is 10.2. The lowest BCUT2D eigenvalue weighted by molar-refractivity contribution is -0.146. The molecule has 19 heavy (non-hydrogen) atoms. The number of carboxylic acid groups (broad SMARTS) is 1. The molecule has 0 aromatic heterocycles. The number of carbonyl (C=O) groups is 2. The highest BCUT2D eigenvalue weighted by atomic mass is 79.9. The summed E-state index contributed by atoms with van der Waals surface area (Å²) in [5, 5.41) is 9.01. The molecule has 0 radical (unpaired) electrons. The molecule has 0 aliphatic carbocycles. The summed E-state index contributed by atoms with van der Waals surface area (Å²) in [6.07, 6.45) is 0.682. The third-order valence-electron chi connectivity index (χ3n) is 3.03. The van der Waals surface area contributed by atoms with E-state index in [1.54, 1.807) is 0 Å². The molecule has 1 aromatic rings. The Balaban J connectivity index is 1.86. The third kappa shape index (κ3) is 3.47. The maximum absolute atomic E-state index is 11.6. The van der Waals surface area contributed by atoms with E-state index >= 15 is 0 Å². The van der Waals surface area contributed by atoms with Gasteiger partial charge in [-0.2, -0.15) is 0 Å². The van der Waals surface area contributed by atoms with Crippen LogP contribution in [0.2, 0.25) is 0 Å². The van der Waals surface area contributed by atoms with Gasteiger partial charge in [-0.05, 0) is 30.7 Å². The normalized spacial score (nSPS) is 18.7. The van der Waals surface area contributed by atoms with Crippen molar-refractivity contribution in [2.24, 2.45) is 0 Å². The van der Waals surface area contributed by atoms with E-state index in [2.05, 4.69) is 15.9 Å². The molecule has 6 heteroatoms. The van der Waals surface area contributed by atoms with Crippen molar-refractivity contribution in [3.05, 3.63) is 28.7 Å². The molecule has 0 saturated carbocycles. The fraction of sp³-hybridized carbons (Fsp3) is 0.385. The molecule has 1 unspecified atom stereocenters. The second-order valence-electron chi connectivity index (χ2n) is 4.28. The number of nitrogens with zero attached hydrogens (tertiary/aromatic N) is 1. The van der Waals surface area contributed by atoms with Gasteiger partial charge in [0.1, 0.15) is 18.4 Å². The molecule has 0 bridgehead atoms. The molecule has 102 valence electrons. The highest BCUT2D eigenvalue weighted by Gasteiger charge is 2.35. The molecule has 1 aliphatic heterocycles. The monoisotopic (exact) mass is 327 g/mol. The first-order valence-electron chi connectivity index (χ1n) is 5.98. The minimum Gasteiger partial charge on any atom is -0.492 e. The van der Waals surface area contributed by atoms with Crippen LogP contribution < -0.4 is 4.74 Å². The number of carbonyl (C=O) groups excluding carboxylic acids is 1. The predicted octanol–water partition coefficient (Wildman–Crippen LogP) is 1.90. The summed E-state index contributed by atoms with van der Waals surface area (Å²) in [6.45, 7) is 0.586. The highest BCUT2D eigenvalue weighted by Crippen LogP contribution is 2.19. The molecule has 1 fully saturated rings. The van der Waals surface area contributed by atoms with E-state index in [1.165, 1.54) is 4.90 Å². The fourth-order valence-electron chi connectivity index (χ4n) is 2.06. The molecule has 5 nitrogen and oxygen atoms in total. The fourth-order valence-corrected chi connectivity index (χ4v) is 2.33. The zero-order valence-electron chi connectivity index (χ0n) is 10.2. The number of hydrogen-bond donors (Lipinski definition) is 1. The molecule has 1 saturated heterocycles. The minimum absolute atomic E-state index is 0.119. The van der Waals surface area contributed by atoms with Crippen LogP contribution in [0.5, 0.6) is 5.75 Å². The molecule has 1 atom stereocenters. The van der Waals surface area contributed by atoms with Crippen LogP contribution in [0.15, 0.2) is 28.7 Å². The van der Waals surface area contributed by atoms with E-state index in [9.17, 15) is 9.59 Å². The number of rotatable bonds is 5. The summed E-state index contributed by atoms with van der Waals surface area (Å²) in [6, 6.07) is 6.63. The summed E-state index contributed by atoms with van der Waals surface area (Å²) < 4.78 is 6.45. The Morgan fingerprint density at radius 1 is 1.42 bits per heavy atom. The van der Waals surface area contributed by atoms with Crippen molar-refractivity contribution < 1.29 is 19.4 Å². The summed E-state index contributed by atoms with van der Waals surface area (Å²) in [5.74, 6) is -0.372. The van der Waals surface area contributed by atoms with E-state index in [1.807, 2.05) is 24.3 Å². The first kappa shape index (κ1) is 13.9. The average Bonchev–Trinajstić information content (AvgIpc) is 2.74. The van der Waals surface area contributed by atoms with E-state index in [0.717, 1.165) is 4.47 Å². The number of aliphatic carboxylic acids is 1. The minimum atomic E-state index is -0.950. The summed E-state index contributed by atoms with van der Waals surface area (Å²) in [5.41, 5.74) is 0. The van der Waals surface area contributed by atoms with E-state index in [4.69, 9.17) is 9.84 Å². The van der Waals surface area contributed by atoms with Crippen molar-refractivity contribution in [3.8, 4) is 5.75 Å². The third-order valence-corrected chi connectivity index (χ3v) is 3.56. The first-order chi connectivity index (χ1) is 9.08. The van der Waals surface area contributed by atoms with Crippen molar-refractivity contribution in [1.29, 1.82) is 0 Å². The molecule has 1 amide bonds. The van der Waals surface area contributed by atoms with Crippen LogP contribution >= 0.6 is 15.9 Å². The molecular formula is C13H14BrNO4. The van der Waals surface area contributed by atoms with Crippen LogP contribution in [0.4, 0.5) is 0 Å². The van der Waals surface area contributed by atoms with Crippen molar-refractivity contribution >= 4 is 27.8 Å². The Bertz CT molecular complexity index is 474. The number of halogens is 1. The molecule has 1 heterocycles. The highest BCUT2D eigenvalue weighted by molar-refractivity contribution is 9.10. The van der Waals surface area contributed by atoms with Crippen LogP contribution in [0, 0.1) is 0 Å². The largest absolute Gasteiger partial charge is 0.492 e. The number of ether oxygens (including phenoxy) is 1. The number of hydrogen-bond acceptors (Lipinski definition) is 3. The average molecular weight is 328 g/mol. The van der Waals surface area contributed by atoms with Gasteiger partial charge < -0.3 is 14.7 Å². The maximum Gasteiger partial charge on any atom is 0.326 e. The van der Waals surface area contributed by atoms with Crippen LogP contribution in [0.3, 0.4) is 0 Å². The van der Waals surface area contributed by atoms with Gasteiger partial charge >= 0.3 is 5.97 Å². The van der Waals surface area contributed by atoms with E-state index in [-0.39, 0.29) is 12.5 Å². The zero-order valence-corrected chi connectivity index (χ0v) is 11.8. The quantitative estimate of drug-likeness (QED) is 0.897. The van der Waals surface area contributed by atoms with Gasteiger partial charge in [0, 0.05) is 10.9 Å². The van der Waals surface area contributed by atoms with Gasteiger partial charge in [0.15, 0.2) is 0 Å². The van der Waals surface area contributed by atoms with E-state index in [0.29, 0.717) is 25.1 Å². The van der Waals surface area contributed by atoms with Crippen molar-refractivity contribution in [2.75, 3.05) is 13.2 Å². The second-order valence-corrected chi connectivity index (χ2v) is 5.20. The summed E-state index contributed by atoms with van der Waals surface area (Å²) in [7, 11) is 0. The van der Waals surface area contributed by atoms with Gasteiger partial charge in [0.25, 0.3) is 0 Å². The summed E-state index contributed by atoms with van der Waals surface area (Å²) >= 11 is 3.33. The van der Waals surface area contributed by atoms with Crippen LogP contribution in [-0.2, 0) is 9.59 Å². The Morgan fingerprint density at radius 3 is 2.74 bits per heavy atom. The standard InChI is InChI=1S/C13H14BrNO4/c14-9-1-3-10(4-2-9)19-8-7-15-11(13(17)18)5-6-12(15)16/h1-4,11H,5-8H2,(H,17,18). The maximum atomic E-state index is 11.6. The van der Waals surface area contributed by atoms with Crippen molar-refractivity contribution in [1.82, 2.24) is 4.90 Å². The van der Waals surface area contributed by atoms with Crippen LogP contribution in [0.25, 0.3) is 0 Å². The molecule has 1 aromatic carbocycles. The summed E-state index contributed by atoms with van der Waals surface area (Å²) in [4.78, 5) is 23.9. The van der Waals surface area contributed by atoms with Gasteiger partial charge in [-0.3, -0.25) is 4.79 Å². The zero-order chi connectivity index (χ0) is 13.8. The lowest BCUT2D eigenvalue weighted by Gasteiger charge is -2.21. The van der Waals surface area contributed by atoms with Gasteiger partial charge in [0.05, 0.1) is 6.54 Å². The van der Waals surface area contributed by atoms with Crippen LogP contribution in [-0.4, -0.2) is 41.1 Å². The van der Waals surface area contributed by atoms with Gasteiger partial charge in [-0.15, -0.1) is 0 Å². The number of amides is 1. The number of likely N-dealkylation sites (tertiary alicyclic amines) is 1. The van der Waals surface area contributed by atoms with Crippen LogP contribution in [0.1, 0.15) is 12.8 Å². The Labute approximate surface area is 119 Å². The first-order valence-corrected chi connectivity index (χ1v) is 6.78. The second kappa shape index (κ2) is 6.06. The van der Waals surface area contributed by atoms with Gasteiger partial charge in [-0.1, -0.05) is 15.9 Å².